The Labute approximate surface area is 302 Å². The van der Waals surface area contributed by atoms with Crippen molar-refractivity contribution in [2.75, 3.05) is 4.90 Å². The largest absolute Gasteiger partial charge is 0.310 e. The van der Waals surface area contributed by atoms with Gasteiger partial charge in [-0.3, -0.25) is 0 Å². The van der Waals surface area contributed by atoms with Crippen LogP contribution in [0.4, 0.5) is 17.1 Å². The van der Waals surface area contributed by atoms with E-state index in [0.29, 0.717) is 0 Å². The Balaban J connectivity index is 1.09. The Morgan fingerprint density at radius 2 is 0.961 bits per heavy atom. The minimum Gasteiger partial charge on any atom is -0.310 e. The van der Waals surface area contributed by atoms with E-state index < -0.39 is 0 Å². The minimum absolute atomic E-state index is 0.0336. The van der Waals surface area contributed by atoms with Gasteiger partial charge < -0.3 is 4.90 Å². The van der Waals surface area contributed by atoms with Gasteiger partial charge in [-0.15, -0.1) is 11.3 Å². The summed E-state index contributed by atoms with van der Waals surface area (Å²) in [5, 5.41) is 5.28. The van der Waals surface area contributed by atoms with Gasteiger partial charge in [0.05, 0.1) is 0 Å². The third kappa shape index (κ3) is 4.75. The van der Waals surface area contributed by atoms with Crippen LogP contribution in [0.1, 0.15) is 25.0 Å². The molecule has 9 aromatic rings. The molecule has 2 heteroatoms. The van der Waals surface area contributed by atoms with Gasteiger partial charge in [0.25, 0.3) is 0 Å². The molecule has 0 amide bonds. The van der Waals surface area contributed by atoms with Crippen molar-refractivity contribution in [2.24, 2.45) is 0 Å². The summed E-state index contributed by atoms with van der Waals surface area (Å²) in [6.45, 7) is 4.68. The number of fused-ring (bicyclic) bond motifs is 8. The second-order valence-electron chi connectivity index (χ2n) is 14.1. The smallest absolute Gasteiger partial charge is 0.0468 e. The Bertz CT molecular complexity index is 2750. The number of benzene rings is 8. The molecule has 0 saturated carbocycles. The maximum absolute atomic E-state index is 2.40. The fourth-order valence-corrected chi connectivity index (χ4v) is 9.54. The van der Waals surface area contributed by atoms with Crippen LogP contribution in [-0.2, 0) is 5.41 Å². The molecule has 242 valence electrons. The molecule has 10 rings (SSSR count). The standard InChI is InChI=1S/C49H35NS/c1-49(2)45-17-8-6-13-40(45)44-31-37(27-30-46(44)49)50(35-23-19-33(20-24-35)32-11-4-3-5-12-32)36-25-21-34(22-26-36)38-15-10-16-42-39(38)28-29-43-41-14-7-9-18-47(41)51-48(42)43/h3-31H,1-2H3. The second kappa shape index (κ2) is 11.6. The summed E-state index contributed by atoms with van der Waals surface area (Å²) in [5.41, 5.74) is 13.7. The molecule has 0 aliphatic heterocycles. The lowest BCUT2D eigenvalue weighted by Crippen LogP contribution is -2.15. The molecule has 1 heterocycles. The molecule has 0 saturated heterocycles. The van der Waals surface area contributed by atoms with Crippen LogP contribution in [0.15, 0.2) is 176 Å². The van der Waals surface area contributed by atoms with Crippen molar-refractivity contribution in [2.45, 2.75) is 19.3 Å². The van der Waals surface area contributed by atoms with Crippen LogP contribution in [0.5, 0.6) is 0 Å². The number of nitrogens with zero attached hydrogens (tertiary/aromatic N) is 1. The van der Waals surface area contributed by atoms with E-state index in [1.165, 1.54) is 75.5 Å². The average molecular weight is 670 g/mol. The monoisotopic (exact) mass is 669 g/mol. The SMILES string of the molecule is CC1(C)c2ccccc2-c2cc(N(c3ccc(-c4ccccc4)cc3)c3ccc(-c4cccc5c4ccc4c6ccccc6sc54)cc3)ccc21. The van der Waals surface area contributed by atoms with E-state index in [0.717, 1.165) is 17.1 Å². The molecule has 0 radical (unpaired) electrons. The first kappa shape index (κ1) is 29.9. The van der Waals surface area contributed by atoms with Gasteiger partial charge in [-0.2, -0.15) is 0 Å². The molecule has 51 heavy (non-hydrogen) atoms. The number of rotatable bonds is 5. The van der Waals surface area contributed by atoms with E-state index in [4.69, 9.17) is 0 Å². The van der Waals surface area contributed by atoms with Crippen LogP contribution < -0.4 is 4.90 Å². The summed E-state index contributed by atoms with van der Waals surface area (Å²) in [6, 6.07) is 64.8. The molecular formula is C49H35NS. The van der Waals surface area contributed by atoms with E-state index in [-0.39, 0.29) is 5.41 Å². The van der Waals surface area contributed by atoms with Crippen molar-refractivity contribution in [1.29, 1.82) is 0 Å². The Kier molecular flexibility index (Phi) is 6.78. The molecule has 0 fully saturated rings. The first-order valence-corrected chi connectivity index (χ1v) is 18.5. The summed E-state index contributed by atoms with van der Waals surface area (Å²) in [4.78, 5) is 2.40. The number of anilines is 3. The Hall–Kier alpha value is -5.96. The summed E-state index contributed by atoms with van der Waals surface area (Å²) in [7, 11) is 0. The molecule has 1 aromatic heterocycles. The van der Waals surface area contributed by atoms with Crippen LogP contribution >= 0.6 is 11.3 Å². The predicted octanol–water partition coefficient (Wildman–Crippen LogP) is 14.3. The van der Waals surface area contributed by atoms with Gasteiger partial charge in [-0.25, -0.2) is 0 Å². The highest BCUT2D eigenvalue weighted by Crippen LogP contribution is 2.51. The van der Waals surface area contributed by atoms with Crippen LogP contribution in [0, 0.1) is 0 Å². The summed E-state index contributed by atoms with van der Waals surface area (Å²) in [6.07, 6.45) is 0. The normalized spacial score (nSPS) is 13.1. The van der Waals surface area contributed by atoms with E-state index in [9.17, 15) is 0 Å². The van der Waals surface area contributed by atoms with E-state index in [1.807, 2.05) is 11.3 Å². The van der Waals surface area contributed by atoms with Crippen LogP contribution in [0.2, 0.25) is 0 Å². The van der Waals surface area contributed by atoms with Crippen molar-refractivity contribution in [3.05, 3.63) is 187 Å². The van der Waals surface area contributed by atoms with Crippen LogP contribution in [0.25, 0.3) is 64.3 Å². The van der Waals surface area contributed by atoms with Gasteiger partial charge in [0.2, 0.25) is 0 Å². The lowest BCUT2D eigenvalue weighted by atomic mass is 9.82. The van der Waals surface area contributed by atoms with E-state index in [2.05, 4.69) is 195 Å². The topological polar surface area (TPSA) is 3.24 Å². The Morgan fingerprint density at radius 3 is 1.76 bits per heavy atom. The van der Waals surface area contributed by atoms with Crippen molar-refractivity contribution < 1.29 is 0 Å². The molecule has 1 aliphatic rings. The van der Waals surface area contributed by atoms with Gasteiger partial charge in [0.1, 0.15) is 0 Å². The Morgan fingerprint density at radius 1 is 0.392 bits per heavy atom. The molecule has 0 spiro atoms. The predicted molar refractivity (Wildman–Crippen MR) is 220 cm³/mol. The molecule has 0 atom stereocenters. The third-order valence-corrected chi connectivity index (χ3v) is 12.1. The summed E-state index contributed by atoms with van der Waals surface area (Å²) in [5.74, 6) is 0. The molecule has 0 N–H and O–H groups in total. The van der Waals surface area contributed by atoms with Gasteiger partial charge in [0.15, 0.2) is 0 Å². The molecule has 1 nitrogen and oxygen atoms in total. The van der Waals surface area contributed by atoms with Gasteiger partial charge in [-0.1, -0.05) is 147 Å². The highest BCUT2D eigenvalue weighted by molar-refractivity contribution is 7.26. The van der Waals surface area contributed by atoms with Crippen molar-refractivity contribution >= 4 is 59.3 Å². The molecule has 0 bridgehead atoms. The van der Waals surface area contributed by atoms with Crippen molar-refractivity contribution in [1.82, 2.24) is 0 Å². The third-order valence-electron chi connectivity index (χ3n) is 10.9. The second-order valence-corrected chi connectivity index (χ2v) is 15.2. The van der Waals surface area contributed by atoms with Crippen molar-refractivity contribution in [3.63, 3.8) is 0 Å². The first-order valence-electron chi connectivity index (χ1n) is 17.7. The van der Waals surface area contributed by atoms with Crippen molar-refractivity contribution in [3.8, 4) is 33.4 Å². The lowest BCUT2D eigenvalue weighted by molar-refractivity contribution is 0.660. The fourth-order valence-electron chi connectivity index (χ4n) is 8.31. The number of hydrogen-bond donors (Lipinski definition) is 0. The molecule has 0 unspecified atom stereocenters. The highest BCUT2D eigenvalue weighted by atomic mass is 32.1. The summed E-state index contributed by atoms with van der Waals surface area (Å²) < 4.78 is 2.70. The quantitative estimate of drug-likeness (QED) is 0.176. The zero-order valence-electron chi connectivity index (χ0n) is 28.6. The molecule has 1 aliphatic carbocycles. The maximum atomic E-state index is 2.40. The van der Waals surface area contributed by atoms with E-state index >= 15 is 0 Å². The summed E-state index contributed by atoms with van der Waals surface area (Å²) >= 11 is 1.89. The zero-order valence-corrected chi connectivity index (χ0v) is 29.4. The number of thiophene rings is 1. The molecule has 8 aromatic carbocycles. The van der Waals surface area contributed by atoms with Crippen LogP contribution in [-0.4, -0.2) is 0 Å². The maximum Gasteiger partial charge on any atom is 0.0468 e. The van der Waals surface area contributed by atoms with Gasteiger partial charge in [0, 0.05) is 48.0 Å². The zero-order chi connectivity index (χ0) is 34.1. The van der Waals surface area contributed by atoms with Crippen LogP contribution in [0.3, 0.4) is 0 Å². The molecular weight excluding hydrogens is 635 g/mol. The number of hydrogen-bond acceptors (Lipinski definition) is 2. The first-order chi connectivity index (χ1) is 25.0. The minimum atomic E-state index is -0.0336. The van der Waals surface area contributed by atoms with Gasteiger partial charge in [-0.05, 0) is 92.4 Å². The fraction of sp³-hybridized carbons (Fsp3) is 0.0612. The van der Waals surface area contributed by atoms with E-state index in [1.54, 1.807) is 0 Å². The van der Waals surface area contributed by atoms with Gasteiger partial charge >= 0.3 is 0 Å². The lowest BCUT2D eigenvalue weighted by Gasteiger charge is -2.27. The highest BCUT2D eigenvalue weighted by Gasteiger charge is 2.35. The average Bonchev–Trinajstić information content (AvgIpc) is 3.68.